The minimum Gasteiger partial charge on any atom is -0.481 e. The van der Waals surface area contributed by atoms with Crippen LogP contribution >= 0.6 is 11.3 Å². The molecule has 0 spiro atoms. The minimum absolute atomic E-state index is 0.429. The lowest BCUT2D eigenvalue weighted by atomic mass is 10.2. The number of nitrogens with zero attached hydrogens (tertiary/aromatic N) is 3. The molecule has 0 fully saturated rings. The van der Waals surface area contributed by atoms with Gasteiger partial charge in [-0.25, -0.2) is 9.97 Å². The Kier molecular flexibility index (Phi) is 3.47. The van der Waals surface area contributed by atoms with Gasteiger partial charge in [0.2, 0.25) is 0 Å². The van der Waals surface area contributed by atoms with Gasteiger partial charge in [-0.05, 0) is 17.9 Å². The average Bonchev–Trinajstić information content (AvgIpc) is 2.71. The highest BCUT2D eigenvalue weighted by Gasteiger charge is 2.17. The molecule has 96 valence electrons. The predicted octanol–water partition coefficient (Wildman–Crippen LogP) is 2.16. The number of aryl methyl sites for hydroxylation is 1. The van der Waals surface area contributed by atoms with Crippen LogP contribution in [0.15, 0.2) is 11.7 Å². The summed E-state index contributed by atoms with van der Waals surface area (Å²) in [5.41, 5.74) is 2.07. The van der Waals surface area contributed by atoms with Gasteiger partial charge in [0.25, 0.3) is 0 Å². The van der Waals surface area contributed by atoms with Crippen molar-refractivity contribution in [2.45, 2.75) is 13.8 Å². The van der Waals surface area contributed by atoms with Crippen LogP contribution in [0.4, 0.5) is 5.82 Å². The van der Waals surface area contributed by atoms with Crippen LogP contribution < -0.4 is 4.90 Å². The molecule has 18 heavy (non-hydrogen) atoms. The van der Waals surface area contributed by atoms with Crippen LogP contribution in [0.5, 0.6) is 0 Å². The third-order valence-corrected chi connectivity index (χ3v) is 3.93. The van der Waals surface area contributed by atoms with Gasteiger partial charge in [-0.2, -0.15) is 0 Å². The second kappa shape index (κ2) is 4.89. The largest absolute Gasteiger partial charge is 0.481 e. The Morgan fingerprint density at radius 1 is 1.56 bits per heavy atom. The van der Waals surface area contributed by atoms with Crippen LogP contribution in [0.3, 0.4) is 0 Å². The van der Waals surface area contributed by atoms with E-state index in [9.17, 15) is 4.79 Å². The highest BCUT2D eigenvalue weighted by atomic mass is 32.1. The topological polar surface area (TPSA) is 66.3 Å². The van der Waals surface area contributed by atoms with Crippen molar-refractivity contribution in [2.75, 3.05) is 18.5 Å². The molecule has 0 radical (unpaired) electrons. The monoisotopic (exact) mass is 265 g/mol. The SMILES string of the molecule is Cc1csc2c(N(C)CC(C)C(=O)O)ncnc12. The third-order valence-electron chi connectivity index (χ3n) is 2.84. The Hall–Kier alpha value is -1.69. The fourth-order valence-electron chi connectivity index (χ4n) is 1.80. The number of fused-ring (bicyclic) bond motifs is 1. The molecule has 0 aromatic carbocycles. The van der Waals surface area contributed by atoms with E-state index in [-0.39, 0.29) is 0 Å². The van der Waals surface area contributed by atoms with E-state index in [4.69, 9.17) is 5.11 Å². The minimum atomic E-state index is -0.797. The van der Waals surface area contributed by atoms with Crippen molar-refractivity contribution in [3.63, 3.8) is 0 Å². The van der Waals surface area contributed by atoms with Crippen molar-refractivity contribution in [3.05, 3.63) is 17.3 Å². The molecule has 1 unspecified atom stereocenters. The van der Waals surface area contributed by atoms with E-state index in [1.807, 2.05) is 24.3 Å². The van der Waals surface area contributed by atoms with Crippen LogP contribution in [0.25, 0.3) is 10.2 Å². The molecule has 6 heteroatoms. The van der Waals surface area contributed by atoms with Gasteiger partial charge in [-0.15, -0.1) is 11.3 Å². The number of anilines is 1. The summed E-state index contributed by atoms with van der Waals surface area (Å²) in [4.78, 5) is 21.3. The standard InChI is InChI=1S/C12H15N3O2S/c1-7(12(16)17)4-15(3)11-10-9(13-6-14-11)8(2)5-18-10/h5-7H,4H2,1-3H3,(H,16,17). The molecule has 2 heterocycles. The summed E-state index contributed by atoms with van der Waals surface area (Å²) in [6.07, 6.45) is 1.53. The molecule has 1 atom stereocenters. The number of hydrogen-bond acceptors (Lipinski definition) is 5. The molecule has 1 N–H and O–H groups in total. The van der Waals surface area contributed by atoms with Crippen LogP contribution in [-0.4, -0.2) is 34.6 Å². The molecule has 0 aliphatic carbocycles. The molecular weight excluding hydrogens is 250 g/mol. The second-order valence-corrected chi connectivity index (χ2v) is 5.29. The summed E-state index contributed by atoms with van der Waals surface area (Å²) in [6, 6.07) is 0. The number of rotatable bonds is 4. The summed E-state index contributed by atoms with van der Waals surface area (Å²) in [5, 5.41) is 11.0. The average molecular weight is 265 g/mol. The number of aliphatic carboxylic acids is 1. The number of hydrogen-bond donors (Lipinski definition) is 1. The number of thiophene rings is 1. The first-order chi connectivity index (χ1) is 8.50. The molecule has 0 aliphatic rings. The maximum Gasteiger partial charge on any atom is 0.308 e. The molecule has 0 aliphatic heterocycles. The van der Waals surface area contributed by atoms with Crippen molar-refractivity contribution in [1.29, 1.82) is 0 Å². The van der Waals surface area contributed by atoms with E-state index in [1.165, 1.54) is 6.33 Å². The number of aromatic nitrogens is 2. The molecule has 2 rings (SSSR count). The molecule has 0 saturated carbocycles. The first kappa shape index (κ1) is 12.8. The molecule has 5 nitrogen and oxygen atoms in total. The second-order valence-electron chi connectivity index (χ2n) is 4.41. The van der Waals surface area contributed by atoms with E-state index in [0.717, 1.165) is 21.6 Å². The zero-order valence-electron chi connectivity index (χ0n) is 10.5. The molecule has 2 aromatic rings. The van der Waals surface area contributed by atoms with Crippen LogP contribution in [0, 0.1) is 12.8 Å². The number of carboxylic acids is 1. The van der Waals surface area contributed by atoms with Crippen molar-refractivity contribution in [1.82, 2.24) is 9.97 Å². The Bertz CT molecular complexity index is 582. The fraction of sp³-hybridized carbons (Fsp3) is 0.417. The van der Waals surface area contributed by atoms with E-state index in [2.05, 4.69) is 9.97 Å². The van der Waals surface area contributed by atoms with Gasteiger partial charge in [0.05, 0.1) is 16.1 Å². The van der Waals surface area contributed by atoms with Gasteiger partial charge in [0.1, 0.15) is 12.1 Å². The van der Waals surface area contributed by atoms with Crippen LogP contribution in [0.1, 0.15) is 12.5 Å². The first-order valence-corrected chi connectivity index (χ1v) is 6.51. The predicted molar refractivity (Wildman–Crippen MR) is 72.2 cm³/mol. The molecule has 0 saturated heterocycles. The fourth-order valence-corrected chi connectivity index (χ4v) is 2.85. The lowest BCUT2D eigenvalue weighted by Gasteiger charge is -2.20. The van der Waals surface area contributed by atoms with E-state index >= 15 is 0 Å². The third kappa shape index (κ3) is 2.28. The lowest BCUT2D eigenvalue weighted by molar-refractivity contribution is -0.140. The summed E-state index contributed by atoms with van der Waals surface area (Å²) in [5.74, 6) is -0.429. The van der Waals surface area contributed by atoms with Crippen LogP contribution in [-0.2, 0) is 4.79 Å². The Morgan fingerprint density at radius 3 is 2.94 bits per heavy atom. The zero-order valence-corrected chi connectivity index (χ0v) is 11.4. The van der Waals surface area contributed by atoms with Gasteiger partial charge >= 0.3 is 5.97 Å². The normalized spacial score (nSPS) is 12.6. The van der Waals surface area contributed by atoms with Crippen molar-refractivity contribution >= 4 is 33.3 Å². The van der Waals surface area contributed by atoms with Crippen LogP contribution in [0.2, 0.25) is 0 Å². The summed E-state index contributed by atoms with van der Waals surface area (Å²) < 4.78 is 1.01. The van der Waals surface area contributed by atoms with Gasteiger partial charge in [-0.3, -0.25) is 4.79 Å². The highest BCUT2D eigenvalue weighted by Crippen LogP contribution is 2.30. The number of carbonyl (C=O) groups is 1. The van der Waals surface area contributed by atoms with E-state index < -0.39 is 11.9 Å². The maximum absolute atomic E-state index is 10.9. The van der Waals surface area contributed by atoms with E-state index in [1.54, 1.807) is 18.3 Å². The van der Waals surface area contributed by atoms with Gasteiger partial charge in [0.15, 0.2) is 0 Å². The zero-order chi connectivity index (χ0) is 13.3. The van der Waals surface area contributed by atoms with Crippen molar-refractivity contribution in [3.8, 4) is 0 Å². The molecule has 2 aromatic heterocycles. The summed E-state index contributed by atoms with van der Waals surface area (Å²) in [6.45, 7) is 4.13. The summed E-state index contributed by atoms with van der Waals surface area (Å²) >= 11 is 1.59. The Balaban J connectivity index is 2.33. The maximum atomic E-state index is 10.9. The number of carboxylic acid groups (broad SMARTS) is 1. The highest BCUT2D eigenvalue weighted by molar-refractivity contribution is 7.18. The molecular formula is C12H15N3O2S. The van der Waals surface area contributed by atoms with Crippen molar-refractivity contribution < 1.29 is 9.90 Å². The van der Waals surface area contributed by atoms with E-state index in [0.29, 0.717) is 6.54 Å². The van der Waals surface area contributed by atoms with Gasteiger partial charge in [-0.1, -0.05) is 6.92 Å². The molecule has 0 bridgehead atoms. The lowest BCUT2D eigenvalue weighted by Crippen LogP contribution is -2.29. The Morgan fingerprint density at radius 2 is 2.28 bits per heavy atom. The quantitative estimate of drug-likeness (QED) is 0.917. The Labute approximate surface area is 109 Å². The van der Waals surface area contributed by atoms with Crippen molar-refractivity contribution in [2.24, 2.45) is 5.92 Å². The first-order valence-electron chi connectivity index (χ1n) is 5.63. The molecule has 0 amide bonds. The smallest absolute Gasteiger partial charge is 0.308 e. The summed E-state index contributed by atoms with van der Waals surface area (Å²) in [7, 11) is 1.86. The van der Waals surface area contributed by atoms with Gasteiger partial charge in [0, 0.05) is 13.6 Å². The van der Waals surface area contributed by atoms with Gasteiger partial charge < -0.3 is 10.0 Å².